The Kier molecular flexibility index (Phi) is 4.25. The largest absolute Gasteiger partial charge is 0.480 e. The SMILES string of the molecule is COCc1nncn1C(Cc1ccccc1)C(=O)O. The quantitative estimate of drug-likeness (QED) is 0.847. The van der Waals surface area contributed by atoms with Gasteiger partial charge in [0, 0.05) is 13.5 Å². The normalized spacial score (nSPS) is 12.3. The van der Waals surface area contributed by atoms with Crippen molar-refractivity contribution in [2.75, 3.05) is 7.11 Å². The number of benzene rings is 1. The van der Waals surface area contributed by atoms with Crippen molar-refractivity contribution < 1.29 is 14.6 Å². The number of methoxy groups -OCH3 is 1. The Labute approximate surface area is 110 Å². The van der Waals surface area contributed by atoms with Gasteiger partial charge in [0.25, 0.3) is 0 Å². The van der Waals surface area contributed by atoms with E-state index in [4.69, 9.17) is 4.74 Å². The summed E-state index contributed by atoms with van der Waals surface area (Å²) in [7, 11) is 1.53. The highest BCUT2D eigenvalue weighted by atomic mass is 16.5. The van der Waals surface area contributed by atoms with Crippen LogP contribution in [0.2, 0.25) is 0 Å². The van der Waals surface area contributed by atoms with Gasteiger partial charge in [0.1, 0.15) is 19.0 Å². The molecule has 0 aliphatic carbocycles. The van der Waals surface area contributed by atoms with Crippen LogP contribution in [-0.4, -0.2) is 33.0 Å². The molecule has 1 atom stereocenters. The molecule has 0 radical (unpaired) electrons. The van der Waals surface area contributed by atoms with Crippen molar-refractivity contribution in [3.05, 3.63) is 48.0 Å². The molecule has 0 aliphatic heterocycles. The minimum atomic E-state index is -0.916. The van der Waals surface area contributed by atoms with Crippen LogP contribution in [0.3, 0.4) is 0 Å². The molecule has 2 aromatic rings. The van der Waals surface area contributed by atoms with E-state index < -0.39 is 12.0 Å². The van der Waals surface area contributed by atoms with Crippen LogP contribution >= 0.6 is 0 Å². The zero-order valence-corrected chi connectivity index (χ0v) is 10.6. The molecule has 1 aromatic heterocycles. The molecule has 0 amide bonds. The highest BCUT2D eigenvalue weighted by Gasteiger charge is 2.23. The van der Waals surface area contributed by atoms with Crippen molar-refractivity contribution in [1.29, 1.82) is 0 Å². The number of ether oxygens (including phenoxy) is 1. The van der Waals surface area contributed by atoms with Gasteiger partial charge in [-0.1, -0.05) is 30.3 Å². The second kappa shape index (κ2) is 6.10. The molecule has 6 nitrogen and oxygen atoms in total. The van der Waals surface area contributed by atoms with E-state index in [1.807, 2.05) is 30.3 Å². The summed E-state index contributed by atoms with van der Waals surface area (Å²) >= 11 is 0. The Bertz CT molecular complexity index is 539. The first-order chi connectivity index (χ1) is 9.22. The van der Waals surface area contributed by atoms with Gasteiger partial charge < -0.3 is 14.4 Å². The number of aromatic nitrogens is 3. The Morgan fingerprint density at radius 2 is 2.16 bits per heavy atom. The van der Waals surface area contributed by atoms with Crippen molar-refractivity contribution >= 4 is 5.97 Å². The van der Waals surface area contributed by atoms with Crippen LogP contribution in [0.15, 0.2) is 36.7 Å². The van der Waals surface area contributed by atoms with Gasteiger partial charge in [0.05, 0.1) is 0 Å². The third kappa shape index (κ3) is 3.17. The molecule has 1 unspecified atom stereocenters. The van der Waals surface area contributed by atoms with Crippen molar-refractivity contribution in [1.82, 2.24) is 14.8 Å². The minimum Gasteiger partial charge on any atom is -0.480 e. The fourth-order valence-corrected chi connectivity index (χ4v) is 1.90. The Hall–Kier alpha value is -2.21. The van der Waals surface area contributed by atoms with Crippen LogP contribution in [0.5, 0.6) is 0 Å². The Balaban J connectivity index is 2.25. The molecule has 6 heteroatoms. The van der Waals surface area contributed by atoms with Gasteiger partial charge in [0.15, 0.2) is 5.82 Å². The predicted molar refractivity (Wildman–Crippen MR) is 67.6 cm³/mol. The summed E-state index contributed by atoms with van der Waals surface area (Å²) < 4.78 is 6.53. The first-order valence-corrected chi connectivity index (χ1v) is 5.86. The molecule has 0 saturated heterocycles. The van der Waals surface area contributed by atoms with Crippen LogP contribution in [-0.2, 0) is 22.6 Å². The van der Waals surface area contributed by atoms with E-state index in [-0.39, 0.29) is 6.61 Å². The van der Waals surface area contributed by atoms with Crippen molar-refractivity contribution in [2.45, 2.75) is 19.1 Å². The lowest BCUT2D eigenvalue weighted by Gasteiger charge is -2.15. The smallest absolute Gasteiger partial charge is 0.327 e. The molecule has 2 rings (SSSR count). The molecule has 0 aliphatic rings. The highest BCUT2D eigenvalue weighted by molar-refractivity contribution is 5.72. The van der Waals surface area contributed by atoms with Crippen molar-refractivity contribution in [3.8, 4) is 0 Å². The first-order valence-electron chi connectivity index (χ1n) is 5.86. The maximum atomic E-state index is 11.4. The topological polar surface area (TPSA) is 77.2 Å². The standard InChI is InChI=1S/C13H15N3O3/c1-19-8-12-15-14-9-16(12)11(13(17)18)7-10-5-3-2-4-6-10/h2-6,9,11H,7-8H2,1H3,(H,17,18). The molecule has 1 N–H and O–H groups in total. The van der Waals surface area contributed by atoms with Gasteiger partial charge in [-0.05, 0) is 5.56 Å². The Morgan fingerprint density at radius 1 is 1.42 bits per heavy atom. The zero-order chi connectivity index (χ0) is 13.7. The summed E-state index contributed by atoms with van der Waals surface area (Å²) in [6, 6.07) is 8.73. The number of hydrogen-bond acceptors (Lipinski definition) is 4. The number of rotatable bonds is 6. The number of hydrogen-bond donors (Lipinski definition) is 1. The lowest BCUT2D eigenvalue weighted by Crippen LogP contribution is -2.23. The highest BCUT2D eigenvalue weighted by Crippen LogP contribution is 2.16. The number of aliphatic carboxylic acids is 1. The average molecular weight is 261 g/mol. The number of carboxylic acid groups (broad SMARTS) is 1. The van der Waals surface area contributed by atoms with E-state index in [0.29, 0.717) is 12.2 Å². The molecule has 19 heavy (non-hydrogen) atoms. The molecule has 0 fully saturated rings. The van der Waals surface area contributed by atoms with Crippen molar-refractivity contribution in [3.63, 3.8) is 0 Å². The number of nitrogens with zero attached hydrogens (tertiary/aromatic N) is 3. The maximum absolute atomic E-state index is 11.4. The van der Waals surface area contributed by atoms with Crippen LogP contribution in [0.4, 0.5) is 0 Å². The van der Waals surface area contributed by atoms with Gasteiger partial charge in [-0.25, -0.2) is 4.79 Å². The van der Waals surface area contributed by atoms with Gasteiger partial charge in [-0.3, -0.25) is 0 Å². The first kappa shape index (κ1) is 13.2. The molecule has 100 valence electrons. The lowest BCUT2D eigenvalue weighted by molar-refractivity contribution is -0.141. The summed E-state index contributed by atoms with van der Waals surface area (Å²) in [6.45, 7) is 0.235. The fraction of sp³-hybridized carbons (Fsp3) is 0.308. The average Bonchev–Trinajstić information content (AvgIpc) is 2.85. The van der Waals surface area contributed by atoms with E-state index in [1.54, 1.807) is 4.57 Å². The van der Waals surface area contributed by atoms with Gasteiger partial charge in [0.2, 0.25) is 0 Å². The van der Waals surface area contributed by atoms with Gasteiger partial charge >= 0.3 is 5.97 Å². The van der Waals surface area contributed by atoms with Gasteiger partial charge in [-0.15, -0.1) is 10.2 Å². The molecular weight excluding hydrogens is 246 g/mol. The van der Waals surface area contributed by atoms with Crippen LogP contribution in [0.25, 0.3) is 0 Å². The van der Waals surface area contributed by atoms with Crippen LogP contribution in [0, 0.1) is 0 Å². The molecule has 1 heterocycles. The van der Waals surface area contributed by atoms with Gasteiger partial charge in [-0.2, -0.15) is 0 Å². The van der Waals surface area contributed by atoms with E-state index in [1.165, 1.54) is 13.4 Å². The maximum Gasteiger partial charge on any atom is 0.327 e. The molecule has 1 aromatic carbocycles. The van der Waals surface area contributed by atoms with E-state index in [2.05, 4.69) is 10.2 Å². The zero-order valence-electron chi connectivity index (χ0n) is 10.6. The van der Waals surface area contributed by atoms with E-state index >= 15 is 0 Å². The second-order valence-corrected chi connectivity index (χ2v) is 4.13. The van der Waals surface area contributed by atoms with Crippen molar-refractivity contribution in [2.24, 2.45) is 0 Å². The summed E-state index contributed by atoms with van der Waals surface area (Å²) in [6.07, 6.45) is 1.81. The molecule has 0 spiro atoms. The molecular formula is C13H15N3O3. The summed E-state index contributed by atoms with van der Waals surface area (Å²) in [5.74, 6) is -0.410. The summed E-state index contributed by atoms with van der Waals surface area (Å²) in [5.41, 5.74) is 0.951. The summed E-state index contributed by atoms with van der Waals surface area (Å²) in [4.78, 5) is 11.4. The molecule has 0 bridgehead atoms. The van der Waals surface area contributed by atoms with Crippen LogP contribution in [0.1, 0.15) is 17.4 Å². The van der Waals surface area contributed by atoms with E-state index in [9.17, 15) is 9.90 Å². The van der Waals surface area contributed by atoms with Crippen LogP contribution < -0.4 is 0 Å². The third-order valence-electron chi connectivity index (χ3n) is 2.81. The number of carbonyl (C=O) groups is 1. The Morgan fingerprint density at radius 3 is 2.79 bits per heavy atom. The lowest BCUT2D eigenvalue weighted by atomic mass is 10.1. The fourth-order valence-electron chi connectivity index (χ4n) is 1.90. The third-order valence-corrected chi connectivity index (χ3v) is 2.81. The second-order valence-electron chi connectivity index (χ2n) is 4.13. The summed E-state index contributed by atoms with van der Waals surface area (Å²) in [5, 5.41) is 17.0. The molecule has 0 saturated carbocycles. The van der Waals surface area contributed by atoms with E-state index in [0.717, 1.165) is 5.56 Å². The monoisotopic (exact) mass is 261 g/mol. The minimum absolute atomic E-state index is 0.235. The number of carboxylic acids is 1. The predicted octanol–water partition coefficient (Wildman–Crippen LogP) is 1.29.